The van der Waals surface area contributed by atoms with E-state index in [9.17, 15) is 9.90 Å². The second-order valence-corrected chi connectivity index (χ2v) is 6.54. The van der Waals surface area contributed by atoms with Gasteiger partial charge in [-0.2, -0.15) is 0 Å². The fraction of sp³-hybridized carbons (Fsp3) is 0.286. The van der Waals surface area contributed by atoms with E-state index >= 15 is 0 Å². The molecule has 0 aliphatic rings. The lowest BCUT2D eigenvalue weighted by Gasteiger charge is -2.14. The molecule has 2 aromatic carbocycles. The first-order chi connectivity index (χ1) is 12.0. The van der Waals surface area contributed by atoms with Gasteiger partial charge >= 0.3 is 0 Å². The van der Waals surface area contributed by atoms with E-state index in [1.807, 2.05) is 37.4 Å². The van der Waals surface area contributed by atoms with Gasteiger partial charge in [0.1, 0.15) is 0 Å². The normalized spacial score (nSPS) is 12.3. The van der Waals surface area contributed by atoms with Crippen LogP contribution < -0.4 is 5.32 Å². The van der Waals surface area contributed by atoms with Gasteiger partial charge in [-0.1, -0.05) is 35.9 Å². The number of aryl methyl sites for hydroxylation is 3. The van der Waals surface area contributed by atoms with E-state index in [1.165, 1.54) is 10.9 Å². The highest BCUT2D eigenvalue weighted by molar-refractivity contribution is 5.84. The third-order valence-electron chi connectivity index (χ3n) is 4.58. The van der Waals surface area contributed by atoms with Crippen LogP contribution in [0.1, 0.15) is 34.8 Å². The zero-order valence-corrected chi connectivity index (χ0v) is 14.7. The molecule has 1 unspecified atom stereocenters. The maximum atomic E-state index is 12.1. The SMILES string of the molecule is Cc1ccc2[nH]cc(CCC(=O)NCC(O)c3ccccc3C)c2c1. The van der Waals surface area contributed by atoms with Gasteiger partial charge in [-0.25, -0.2) is 0 Å². The average molecular weight is 336 g/mol. The number of amides is 1. The molecular formula is C21H24N2O2. The maximum Gasteiger partial charge on any atom is 0.220 e. The summed E-state index contributed by atoms with van der Waals surface area (Å²) in [6.45, 7) is 4.26. The molecule has 0 spiro atoms. The highest BCUT2D eigenvalue weighted by Crippen LogP contribution is 2.21. The summed E-state index contributed by atoms with van der Waals surface area (Å²) < 4.78 is 0. The quantitative estimate of drug-likeness (QED) is 0.644. The lowest BCUT2D eigenvalue weighted by molar-refractivity contribution is -0.121. The Hall–Kier alpha value is -2.59. The number of nitrogens with one attached hydrogen (secondary N) is 2. The summed E-state index contributed by atoms with van der Waals surface area (Å²) in [7, 11) is 0. The molecule has 1 heterocycles. The number of fused-ring (bicyclic) bond motifs is 1. The van der Waals surface area contributed by atoms with Gasteiger partial charge in [0.2, 0.25) is 5.91 Å². The van der Waals surface area contributed by atoms with Crippen LogP contribution in [-0.2, 0) is 11.2 Å². The number of aliphatic hydroxyl groups is 1. The van der Waals surface area contributed by atoms with Crippen molar-refractivity contribution in [2.24, 2.45) is 0 Å². The van der Waals surface area contributed by atoms with Crippen LogP contribution in [0.15, 0.2) is 48.7 Å². The van der Waals surface area contributed by atoms with Gasteiger partial charge in [-0.05, 0) is 49.1 Å². The maximum absolute atomic E-state index is 12.1. The molecule has 0 saturated carbocycles. The molecule has 0 aliphatic carbocycles. The third-order valence-corrected chi connectivity index (χ3v) is 4.58. The number of H-pyrrole nitrogens is 1. The van der Waals surface area contributed by atoms with Crippen molar-refractivity contribution in [3.05, 3.63) is 70.9 Å². The van der Waals surface area contributed by atoms with E-state index in [0.29, 0.717) is 12.8 Å². The zero-order chi connectivity index (χ0) is 17.8. The molecule has 0 fully saturated rings. The zero-order valence-electron chi connectivity index (χ0n) is 14.7. The first-order valence-corrected chi connectivity index (χ1v) is 8.61. The molecule has 0 saturated heterocycles. The monoisotopic (exact) mass is 336 g/mol. The molecule has 130 valence electrons. The van der Waals surface area contributed by atoms with Gasteiger partial charge in [0, 0.05) is 30.1 Å². The Morgan fingerprint density at radius 1 is 1.20 bits per heavy atom. The van der Waals surface area contributed by atoms with Gasteiger partial charge in [0.25, 0.3) is 0 Å². The van der Waals surface area contributed by atoms with Crippen LogP contribution >= 0.6 is 0 Å². The minimum absolute atomic E-state index is 0.0466. The summed E-state index contributed by atoms with van der Waals surface area (Å²) >= 11 is 0. The topological polar surface area (TPSA) is 65.1 Å². The molecule has 25 heavy (non-hydrogen) atoms. The van der Waals surface area contributed by atoms with Gasteiger partial charge in [-0.3, -0.25) is 4.79 Å². The number of hydrogen-bond donors (Lipinski definition) is 3. The number of aromatic nitrogens is 1. The lowest BCUT2D eigenvalue weighted by Crippen LogP contribution is -2.28. The van der Waals surface area contributed by atoms with Crippen molar-refractivity contribution in [3.63, 3.8) is 0 Å². The Labute approximate surface area is 147 Å². The fourth-order valence-electron chi connectivity index (χ4n) is 3.12. The third kappa shape index (κ3) is 4.09. The molecule has 1 aromatic heterocycles. The largest absolute Gasteiger partial charge is 0.387 e. The Kier molecular flexibility index (Phi) is 5.19. The number of hydrogen-bond acceptors (Lipinski definition) is 2. The number of rotatable bonds is 6. The fourth-order valence-corrected chi connectivity index (χ4v) is 3.12. The van der Waals surface area contributed by atoms with Crippen LogP contribution in [0.3, 0.4) is 0 Å². The van der Waals surface area contributed by atoms with Crippen molar-refractivity contribution in [2.75, 3.05) is 6.54 Å². The Morgan fingerprint density at radius 3 is 2.80 bits per heavy atom. The van der Waals surface area contributed by atoms with Crippen LogP contribution in [0.5, 0.6) is 0 Å². The van der Waals surface area contributed by atoms with Crippen molar-refractivity contribution >= 4 is 16.8 Å². The van der Waals surface area contributed by atoms with Crippen molar-refractivity contribution < 1.29 is 9.90 Å². The van der Waals surface area contributed by atoms with Crippen LogP contribution in [0.25, 0.3) is 10.9 Å². The molecule has 1 atom stereocenters. The summed E-state index contributed by atoms with van der Waals surface area (Å²) in [6.07, 6.45) is 2.37. The molecular weight excluding hydrogens is 312 g/mol. The van der Waals surface area contributed by atoms with E-state index in [2.05, 4.69) is 35.4 Å². The minimum Gasteiger partial charge on any atom is -0.387 e. The second-order valence-electron chi connectivity index (χ2n) is 6.54. The molecule has 3 N–H and O–H groups in total. The van der Waals surface area contributed by atoms with E-state index < -0.39 is 6.10 Å². The number of aromatic amines is 1. The summed E-state index contributed by atoms with van der Waals surface area (Å²) in [5.74, 6) is -0.0466. The van der Waals surface area contributed by atoms with Gasteiger partial charge in [-0.15, -0.1) is 0 Å². The summed E-state index contributed by atoms with van der Waals surface area (Å²) in [4.78, 5) is 15.4. The first kappa shape index (κ1) is 17.2. The van der Waals surface area contributed by atoms with E-state index in [0.717, 1.165) is 22.2 Å². The second kappa shape index (κ2) is 7.53. The molecule has 0 aliphatic heterocycles. The summed E-state index contributed by atoms with van der Waals surface area (Å²) in [5.41, 5.74) is 5.33. The first-order valence-electron chi connectivity index (χ1n) is 8.61. The molecule has 1 amide bonds. The predicted octanol–water partition coefficient (Wildman–Crippen LogP) is 3.57. The highest BCUT2D eigenvalue weighted by atomic mass is 16.3. The van der Waals surface area contributed by atoms with Gasteiger partial charge in [0.15, 0.2) is 0 Å². The minimum atomic E-state index is -0.680. The highest BCUT2D eigenvalue weighted by Gasteiger charge is 2.12. The number of carbonyl (C=O) groups excluding carboxylic acids is 1. The number of carbonyl (C=O) groups is 1. The van der Waals surface area contributed by atoms with Crippen molar-refractivity contribution in [1.82, 2.24) is 10.3 Å². The van der Waals surface area contributed by atoms with Crippen molar-refractivity contribution in [1.29, 1.82) is 0 Å². The molecule has 3 aromatic rings. The Bertz CT molecular complexity index is 882. The van der Waals surface area contributed by atoms with E-state index in [-0.39, 0.29) is 12.5 Å². The summed E-state index contributed by atoms with van der Waals surface area (Å²) in [5, 5.41) is 14.3. The Balaban J connectivity index is 1.54. The molecule has 3 rings (SSSR count). The van der Waals surface area contributed by atoms with Gasteiger partial charge in [0.05, 0.1) is 6.10 Å². The molecule has 4 nitrogen and oxygen atoms in total. The van der Waals surface area contributed by atoms with Crippen LogP contribution in [0.4, 0.5) is 0 Å². The van der Waals surface area contributed by atoms with E-state index in [4.69, 9.17) is 0 Å². The average Bonchev–Trinajstić information content (AvgIpc) is 3.00. The van der Waals surface area contributed by atoms with Crippen LogP contribution in [-0.4, -0.2) is 22.5 Å². The van der Waals surface area contributed by atoms with Crippen LogP contribution in [0, 0.1) is 13.8 Å². The van der Waals surface area contributed by atoms with Gasteiger partial charge < -0.3 is 15.4 Å². The summed E-state index contributed by atoms with van der Waals surface area (Å²) in [6, 6.07) is 14.0. The number of benzene rings is 2. The van der Waals surface area contributed by atoms with E-state index in [1.54, 1.807) is 0 Å². The Morgan fingerprint density at radius 2 is 2.00 bits per heavy atom. The van der Waals surface area contributed by atoms with Crippen molar-refractivity contribution in [3.8, 4) is 0 Å². The van der Waals surface area contributed by atoms with Crippen LogP contribution in [0.2, 0.25) is 0 Å². The predicted molar refractivity (Wildman–Crippen MR) is 101 cm³/mol. The lowest BCUT2D eigenvalue weighted by atomic mass is 10.0. The van der Waals surface area contributed by atoms with Crippen molar-refractivity contribution in [2.45, 2.75) is 32.8 Å². The number of aliphatic hydroxyl groups excluding tert-OH is 1. The molecule has 4 heteroatoms. The standard InChI is InChI=1S/C21H24N2O2/c1-14-7-9-19-18(11-14)16(12-22-19)8-10-21(25)23-13-20(24)17-6-4-3-5-15(17)2/h3-7,9,11-12,20,22,24H,8,10,13H2,1-2H3,(H,23,25). The molecule has 0 bridgehead atoms. The molecule has 0 radical (unpaired) electrons. The smallest absolute Gasteiger partial charge is 0.220 e.